The molecule has 1 aromatic heterocycles. The smallest absolute Gasteiger partial charge is 0.274 e. The molecule has 1 heterocycles. The molecule has 1 aromatic carbocycles. The van der Waals surface area contributed by atoms with Gasteiger partial charge in [0.2, 0.25) is 0 Å². The highest BCUT2D eigenvalue weighted by molar-refractivity contribution is 6.04. The maximum atomic E-state index is 12.3. The van der Waals surface area contributed by atoms with Crippen molar-refractivity contribution in [2.24, 2.45) is 0 Å². The molecule has 5 heteroatoms. The van der Waals surface area contributed by atoms with E-state index in [4.69, 9.17) is 0 Å². The molecule has 0 radical (unpaired) electrons. The average Bonchev–Trinajstić information content (AvgIpc) is 2.38. The zero-order valence-electron chi connectivity index (χ0n) is 10.6. The average molecular weight is 245 g/mol. The second-order valence-electron chi connectivity index (χ2n) is 4.46. The minimum absolute atomic E-state index is 0.0741. The molecule has 2 aromatic rings. The Labute approximate surface area is 104 Å². The lowest BCUT2D eigenvalue weighted by Crippen LogP contribution is -2.34. The number of nitrogens with one attached hydrogen (secondary N) is 1. The summed E-state index contributed by atoms with van der Waals surface area (Å²) in [5.41, 5.74) is -0.00394. The van der Waals surface area contributed by atoms with Crippen LogP contribution in [0.2, 0.25) is 0 Å². The molecule has 1 N–H and O–H groups in total. The normalized spacial score (nSPS) is 10.9. The molecule has 94 valence electrons. The molecule has 5 nitrogen and oxygen atoms in total. The zero-order chi connectivity index (χ0) is 13.3. The standard InChI is InChI=1S/C13H15N3O2/c1-8(2)16(3)13(18)11-9-6-4-5-7-10(9)12(17)15-14-11/h4-8H,1-3H3,(H,15,17). The molecule has 0 aliphatic heterocycles. The number of H-pyrrole nitrogens is 1. The Morgan fingerprint density at radius 2 is 1.89 bits per heavy atom. The van der Waals surface area contributed by atoms with Crippen molar-refractivity contribution < 1.29 is 4.79 Å². The van der Waals surface area contributed by atoms with Gasteiger partial charge in [-0.1, -0.05) is 18.2 Å². The maximum Gasteiger partial charge on any atom is 0.274 e. The fourth-order valence-corrected chi connectivity index (χ4v) is 1.68. The van der Waals surface area contributed by atoms with Gasteiger partial charge in [-0.2, -0.15) is 5.10 Å². The quantitative estimate of drug-likeness (QED) is 0.869. The van der Waals surface area contributed by atoms with Gasteiger partial charge in [0, 0.05) is 18.5 Å². The molecule has 0 unspecified atom stereocenters. The van der Waals surface area contributed by atoms with Crippen LogP contribution in [0.15, 0.2) is 29.1 Å². The highest BCUT2D eigenvalue weighted by atomic mass is 16.2. The molecule has 0 atom stereocenters. The van der Waals surface area contributed by atoms with Crippen LogP contribution in [0.4, 0.5) is 0 Å². The fraction of sp³-hybridized carbons (Fsp3) is 0.308. The lowest BCUT2D eigenvalue weighted by molar-refractivity contribution is 0.0750. The van der Waals surface area contributed by atoms with Crippen LogP contribution in [0.1, 0.15) is 24.3 Å². The Hall–Kier alpha value is -2.17. The van der Waals surface area contributed by atoms with Crippen LogP contribution in [0, 0.1) is 0 Å². The summed E-state index contributed by atoms with van der Waals surface area (Å²) < 4.78 is 0. The van der Waals surface area contributed by atoms with Crippen molar-refractivity contribution in [1.82, 2.24) is 15.1 Å². The summed E-state index contributed by atoms with van der Waals surface area (Å²) in [7, 11) is 1.72. The molecule has 0 spiro atoms. The fourth-order valence-electron chi connectivity index (χ4n) is 1.68. The van der Waals surface area contributed by atoms with Crippen molar-refractivity contribution in [1.29, 1.82) is 0 Å². The monoisotopic (exact) mass is 245 g/mol. The minimum atomic E-state index is -0.283. The van der Waals surface area contributed by atoms with E-state index in [1.54, 1.807) is 36.2 Å². The zero-order valence-corrected chi connectivity index (χ0v) is 10.6. The molecule has 0 aliphatic rings. The largest absolute Gasteiger partial charge is 0.338 e. The second-order valence-corrected chi connectivity index (χ2v) is 4.46. The third kappa shape index (κ3) is 1.99. The van der Waals surface area contributed by atoms with E-state index in [1.165, 1.54) is 0 Å². The Kier molecular flexibility index (Phi) is 3.14. The minimum Gasteiger partial charge on any atom is -0.338 e. The van der Waals surface area contributed by atoms with Gasteiger partial charge in [0.15, 0.2) is 5.69 Å². The van der Waals surface area contributed by atoms with Gasteiger partial charge in [-0.25, -0.2) is 5.10 Å². The molecule has 0 fully saturated rings. The van der Waals surface area contributed by atoms with E-state index in [9.17, 15) is 9.59 Å². The Morgan fingerprint density at radius 3 is 2.50 bits per heavy atom. The molecule has 0 saturated heterocycles. The number of rotatable bonds is 2. The Morgan fingerprint density at radius 1 is 1.28 bits per heavy atom. The maximum absolute atomic E-state index is 12.3. The summed E-state index contributed by atoms with van der Waals surface area (Å²) in [5, 5.41) is 7.31. The summed E-state index contributed by atoms with van der Waals surface area (Å²) >= 11 is 0. The van der Waals surface area contributed by atoms with Gasteiger partial charge in [0.1, 0.15) is 0 Å². The number of fused-ring (bicyclic) bond motifs is 1. The molecular weight excluding hydrogens is 230 g/mol. The predicted molar refractivity (Wildman–Crippen MR) is 69.6 cm³/mol. The van der Waals surface area contributed by atoms with E-state index in [0.29, 0.717) is 10.8 Å². The van der Waals surface area contributed by atoms with E-state index in [0.717, 1.165) is 0 Å². The van der Waals surface area contributed by atoms with Crippen molar-refractivity contribution in [3.05, 3.63) is 40.3 Å². The summed E-state index contributed by atoms with van der Waals surface area (Å²) in [6.07, 6.45) is 0. The van der Waals surface area contributed by atoms with E-state index >= 15 is 0 Å². The van der Waals surface area contributed by atoms with Crippen molar-refractivity contribution in [2.45, 2.75) is 19.9 Å². The van der Waals surface area contributed by atoms with Gasteiger partial charge >= 0.3 is 0 Å². The highest BCUT2D eigenvalue weighted by Gasteiger charge is 2.19. The first-order valence-corrected chi connectivity index (χ1v) is 5.77. The number of benzene rings is 1. The first kappa shape index (κ1) is 12.3. The van der Waals surface area contributed by atoms with Crippen molar-refractivity contribution in [3.63, 3.8) is 0 Å². The van der Waals surface area contributed by atoms with Gasteiger partial charge < -0.3 is 4.90 Å². The molecule has 0 saturated carbocycles. The van der Waals surface area contributed by atoms with Crippen molar-refractivity contribution >= 4 is 16.7 Å². The number of aromatic amines is 1. The Balaban J connectivity index is 2.63. The number of hydrogen-bond acceptors (Lipinski definition) is 3. The van der Waals surface area contributed by atoms with Crippen LogP contribution in [0.5, 0.6) is 0 Å². The van der Waals surface area contributed by atoms with Crippen LogP contribution < -0.4 is 5.56 Å². The van der Waals surface area contributed by atoms with Crippen LogP contribution in [0.25, 0.3) is 10.8 Å². The summed E-state index contributed by atoms with van der Waals surface area (Å²) in [4.78, 5) is 25.5. The third-order valence-corrected chi connectivity index (χ3v) is 2.99. The highest BCUT2D eigenvalue weighted by Crippen LogP contribution is 2.14. The summed E-state index contributed by atoms with van der Waals surface area (Å²) in [5.74, 6) is -0.197. The van der Waals surface area contributed by atoms with Gasteiger partial charge in [0.05, 0.1) is 5.39 Å². The van der Waals surface area contributed by atoms with Gasteiger partial charge in [-0.05, 0) is 19.9 Å². The van der Waals surface area contributed by atoms with Gasteiger partial charge in [-0.15, -0.1) is 0 Å². The van der Waals surface area contributed by atoms with Crippen LogP contribution >= 0.6 is 0 Å². The predicted octanol–water partition coefficient (Wildman–Crippen LogP) is 1.40. The lowest BCUT2D eigenvalue weighted by atomic mass is 10.1. The number of hydrogen-bond donors (Lipinski definition) is 1. The van der Waals surface area contributed by atoms with Gasteiger partial charge in [0.25, 0.3) is 11.5 Å². The van der Waals surface area contributed by atoms with Crippen molar-refractivity contribution in [2.75, 3.05) is 7.05 Å². The SMILES string of the molecule is CC(C)N(C)C(=O)c1n[nH]c(=O)c2ccccc12. The molecular formula is C13H15N3O2. The number of carbonyl (C=O) groups excluding carboxylic acids is 1. The first-order chi connectivity index (χ1) is 8.52. The van der Waals surface area contributed by atoms with E-state index in [-0.39, 0.29) is 23.2 Å². The summed E-state index contributed by atoms with van der Waals surface area (Å²) in [6, 6.07) is 7.04. The van der Waals surface area contributed by atoms with E-state index < -0.39 is 0 Å². The van der Waals surface area contributed by atoms with Crippen LogP contribution in [-0.4, -0.2) is 34.1 Å². The third-order valence-electron chi connectivity index (χ3n) is 2.99. The van der Waals surface area contributed by atoms with Gasteiger partial charge in [-0.3, -0.25) is 9.59 Å². The van der Waals surface area contributed by atoms with Crippen LogP contribution in [-0.2, 0) is 0 Å². The topological polar surface area (TPSA) is 66.1 Å². The second kappa shape index (κ2) is 4.60. The number of nitrogens with zero attached hydrogens (tertiary/aromatic N) is 2. The summed E-state index contributed by atoms with van der Waals surface area (Å²) in [6.45, 7) is 3.84. The first-order valence-electron chi connectivity index (χ1n) is 5.77. The molecule has 2 rings (SSSR count). The molecule has 1 amide bonds. The molecule has 0 bridgehead atoms. The molecule has 0 aliphatic carbocycles. The number of aromatic nitrogens is 2. The number of amides is 1. The Bertz CT molecular complexity index is 646. The van der Waals surface area contributed by atoms with E-state index in [2.05, 4.69) is 10.2 Å². The van der Waals surface area contributed by atoms with Crippen LogP contribution in [0.3, 0.4) is 0 Å². The van der Waals surface area contributed by atoms with E-state index in [1.807, 2.05) is 13.8 Å². The molecule has 18 heavy (non-hydrogen) atoms. The number of carbonyl (C=O) groups is 1. The lowest BCUT2D eigenvalue weighted by Gasteiger charge is -2.21. The van der Waals surface area contributed by atoms with Crippen molar-refractivity contribution in [3.8, 4) is 0 Å².